The predicted molar refractivity (Wildman–Crippen MR) is 118 cm³/mol. The standard InChI is InChI=1S/C19H30Cl3N3O7/c1-11(23-15(28)12(9-26)8-14(27)32-18(2,3)4)16(29)25-7-5-6-13(24-25)17(30)31-10-19(20,21)22/h11-13,24,26H,5-10H2,1-4H3,(H,23,28)/t11-,12-,13-/m0/s1. The van der Waals surface area contributed by atoms with Crippen LogP contribution in [0.3, 0.4) is 0 Å². The molecule has 1 saturated heterocycles. The molecule has 0 bridgehead atoms. The lowest BCUT2D eigenvalue weighted by molar-refractivity contribution is -0.158. The van der Waals surface area contributed by atoms with Crippen molar-refractivity contribution in [1.82, 2.24) is 15.8 Å². The van der Waals surface area contributed by atoms with E-state index in [1.54, 1.807) is 20.8 Å². The molecular weight excluding hydrogens is 489 g/mol. The zero-order valence-electron chi connectivity index (χ0n) is 18.5. The van der Waals surface area contributed by atoms with Gasteiger partial charge in [-0.15, -0.1) is 0 Å². The van der Waals surface area contributed by atoms with E-state index in [4.69, 9.17) is 44.3 Å². The molecule has 0 radical (unpaired) electrons. The highest BCUT2D eigenvalue weighted by atomic mass is 35.6. The summed E-state index contributed by atoms with van der Waals surface area (Å²) in [5.41, 5.74) is 2.02. The van der Waals surface area contributed by atoms with Gasteiger partial charge in [0.25, 0.3) is 5.91 Å². The van der Waals surface area contributed by atoms with Crippen LogP contribution in [0.4, 0.5) is 0 Å². The van der Waals surface area contributed by atoms with Crippen LogP contribution in [0.15, 0.2) is 0 Å². The maximum Gasteiger partial charge on any atom is 0.325 e. The largest absolute Gasteiger partial charge is 0.460 e. The minimum Gasteiger partial charge on any atom is -0.460 e. The lowest BCUT2D eigenvalue weighted by Crippen LogP contribution is -2.59. The number of carbonyl (C=O) groups is 4. The number of aliphatic hydroxyl groups is 1. The number of alkyl halides is 3. The second-order valence-corrected chi connectivity index (χ2v) is 11.0. The predicted octanol–water partition coefficient (Wildman–Crippen LogP) is 1.24. The van der Waals surface area contributed by atoms with Crippen LogP contribution < -0.4 is 10.7 Å². The van der Waals surface area contributed by atoms with E-state index in [1.807, 2.05) is 0 Å². The Morgan fingerprint density at radius 3 is 2.38 bits per heavy atom. The minimum atomic E-state index is -1.75. The third kappa shape index (κ3) is 10.5. The van der Waals surface area contributed by atoms with Gasteiger partial charge in [-0.3, -0.25) is 24.2 Å². The molecule has 10 nitrogen and oxygen atoms in total. The quantitative estimate of drug-likeness (QED) is 0.323. The zero-order valence-corrected chi connectivity index (χ0v) is 20.7. The van der Waals surface area contributed by atoms with E-state index in [-0.39, 0.29) is 6.42 Å². The van der Waals surface area contributed by atoms with Crippen LogP contribution in [-0.2, 0) is 28.7 Å². The number of amides is 2. The first-order valence-corrected chi connectivity index (χ1v) is 11.2. The molecule has 13 heteroatoms. The summed E-state index contributed by atoms with van der Waals surface area (Å²) >= 11 is 16.7. The van der Waals surface area contributed by atoms with Crippen molar-refractivity contribution in [2.75, 3.05) is 19.8 Å². The molecule has 0 aromatic carbocycles. The normalized spacial score (nSPS) is 19.0. The van der Waals surface area contributed by atoms with Gasteiger partial charge in [0.15, 0.2) is 0 Å². The summed E-state index contributed by atoms with van der Waals surface area (Å²) in [5.74, 6) is -3.57. The fourth-order valence-corrected chi connectivity index (χ4v) is 2.98. The smallest absolute Gasteiger partial charge is 0.325 e. The SMILES string of the molecule is C[C@H](NC(=O)[C@H](CO)CC(=O)OC(C)(C)C)C(=O)N1CCC[C@@H](C(=O)OCC(Cl)(Cl)Cl)N1. The van der Waals surface area contributed by atoms with Gasteiger partial charge >= 0.3 is 11.9 Å². The number of halogens is 3. The van der Waals surface area contributed by atoms with E-state index in [2.05, 4.69) is 10.7 Å². The fraction of sp³-hybridized carbons (Fsp3) is 0.789. The minimum absolute atomic E-state index is 0.300. The average Bonchev–Trinajstić information content (AvgIpc) is 2.67. The van der Waals surface area contributed by atoms with Gasteiger partial charge in [0.2, 0.25) is 9.70 Å². The Balaban J connectivity index is 2.63. The van der Waals surface area contributed by atoms with E-state index < -0.39 is 64.4 Å². The molecule has 1 aliphatic heterocycles. The number of rotatable bonds is 8. The van der Waals surface area contributed by atoms with Gasteiger partial charge in [0.05, 0.1) is 18.9 Å². The van der Waals surface area contributed by atoms with E-state index >= 15 is 0 Å². The van der Waals surface area contributed by atoms with Gasteiger partial charge in [-0.2, -0.15) is 0 Å². The topological polar surface area (TPSA) is 134 Å². The molecule has 0 aromatic heterocycles. The molecule has 0 aliphatic carbocycles. The van der Waals surface area contributed by atoms with Crippen molar-refractivity contribution in [2.24, 2.45) is 5.92 Å². The summed E-state index contributed by atoms with van der Waals surface area (Å²) in [6, 6.07) is -1.81. The Morgan fingerprint density at radius 2 is 1.84 bits per heavy atom. The van der Waals surface area contributed by atoms with Crippen LogP contribution in [0.2, 0.25) is 0 Å². The Kier molecular flexibility index (Phi) is 11.0. The van der Waals surface area contributed by atoms with Crippen LogP contribution in [0, 0.1) is 5.92 Å². The van der Waals surface area contributed by atoms with E-state index in [9.17, 15) is 24.3 Å². The number of hydrazine groups is 1. The Bertz CT molecular complexity index is 695. The fourth-order valence-electron chi connectivity index (χ4n) is 2.82. The molecule has 3 N–H and O–H groups in total. The summed E-state index contributed by atoms with van der Waals surface area (Å²) in [6.07, 6.45) is 0.579. The lowest BCUT2D eigenvalue weighted by Gasteiger charge is -2.34. The van der Waals surface area contributed by atoms with E-state index in [0.717, 1.165) is 0 Å². The van der Waals surface area contributed by atoms with Crippen molar-refractivity contribution in [3.8, 4) is 0 Å². The van der Waals surface area contributed by atoms with Gasteiger partial charge in [-0.25, -0.2) is 5.43 Å². The molecule has 0 unspecified atom stereocenters. The molecule has 1 fully saturated rings. The molecule has 184 valence electrons. The van der Waals surface area contributed by atoms with Crippen molar-refractivity contribution in [3.05, 3.63) is 0 Å². The summed E-state index contributed by atoms with van der Waals surface area (Å²) in [7, 11) is 0. The molecule has 0 aromatic rings. The molecular formula is C19H30Cl3N3O7. The maximum atomic E-state index is 12.7. The molecule has 2 amide bonds. The second-order valence-electron chi connectivity index (χ2n) is 8.44. The number of ether oxygens (including phenoxy) is 2. The third-order valence-corrected chi connectivity index (χ3v) is 4.60. The summed E-state index contributed by atoms with van der Waals surface area (Å²) in [5, 5.41) is 13.2. The van der Waals surface area contributed by atoms with Crippen molar-refractivity contribution in [3.63, 3.8) is 0 Å². The highest BCUT2D eigenvalue weighted by Crippen LogP contribution is 2.26. The van der Waals surface area contributed by atoms with Crippen LogP contribution in [0.5, 0.6) is 0 Å². The van der Waals surface area contributed by atoms with Crippen molar-refractivity contribution >= 4 is 58.6 Å². The van der Waals surface area contributed by atoms with Gasteiger partial charge in [0, 0.05) is 6.54 Å². The zero-order chi connectivity index (χ0) is 24.7. The van der Waals surface area contributed by atoms with Gasteiger partial charge in [-0.1, -0.05) is 34.8 Å². The van der Waals surface area contributed by atoms with Crippen molar-refractivity contribution < 1.29 is 33.8 Å². The third-order valence-electron chi connectivity index (χ3n) is 4.27. The van der Waals surface area contributed by atoms with Crippen LogP contribution >= 0.6 is 34.8 Å². The van der Waals surface area contributed by atoms with Crippen LogP contribution in [0.25, 0.3) is 0 Å². The number of hydrogen-bond donors (Lipinski definition) is 3. The number of hydrogen-bond acceptors (Lipinski definition) is 8. The van der Waals surface area contributed by atoms with E-state index in [0.29, 0.717) is 19.4 Å². The van der Waals surface area contributed by atoms with Crippen LogP contribution in [0.1, 0.15) is 47.0 Å². The van der Waals surface area contributed by atoms with Crippen molar-refractivity contribution in [1.29, 1.82) is 0 Å². The second kappa shape index (κ2) is 12.2. The highest BCUT2D eigenvalue weighted by Gasteiger charge is 2.34. The van der Waals surface area contributed by atoms with Gasteiger partial charge in [-0.05, 0) is 40.5 Å². The Hall–Kier alpha value is -1.33. The molecule has 3 atom stereocenters. The summed E-state index contributed by atoms with van der Waals surface area (Å²) in [6.45, 7) is 5.78. The average molecular weight is 519 g/mol. The number of nitrogens with one attached hydrogen (secondary N) is 2. The van der Waals surface area contributed by atoms with Crippen LogP contribution in [-0.4, -0.2) is 75.1 Å². The molecule has 1 heterocycles. The summed E-state index contributed by atoms with van der Waals surface area (Å²) < 4.78 is 8.35. The maximum absolute atomic E-state index is 12.7. The van der Waals surface area contributed by atoms with Crippen molar-refractivity contribution in [2.45, 2.75) is 68.4 Å². The number of esters is 2. The lowest BCUT2D eigenvalue weighted by atomic mass is 10.0. The number of aliphatic hydroxyl groups excluding tert-OH is 1. The van der Waals surface area contributed by atoms with E-state index in [1.165, 1.54) is 11.9 Å². The first kappa shape index (κ1) is 28.7. The highest BCUT2D eigenvalue weighted by molar-refractivity contribution is 6.67. The van der Waals surface area contributed by atoms with Gasteiger partial charge in [0.1, 0.15) is 24.3 Å². The Morgan fingerprint density at radius 1 is 1.22 bits per heavy atom. The monoisotopic (exact) mass is 517 g/mol. The molecule has 1 rings (SSSR count). The Labute approximate surface area is 202 Å². The molecule has 32 heavy (non-hydrogen) atoms. The number of nitrogens with zero attached hydrogens (tertiary/aromatic N) is 1. The first-order valence-electron chi connectivity index (χ1n) is 10.1. The molecule has 1 aliphatic rings. The first-order chi connectivity index (χ1) is 14.6. The summed E-state index contributed by atoms with van der Waals surface area (Å²) in [4.78, 5) is 49.3. The van der Waals surface area contributed by atoms with Gasteiger partial charge < -0.3 is 19.9 Å². The molecule has 0 saturated carbocycles. The molecule has 0 spiro atoms. The number of carbonyl (C=O) groups excluding carboxylic acids is 4.